The van der Waals surface area contributed by atoms with E-state index in [-0.39, 0.29) is 10.1 Å². The van der Waals surface area contributed by atoms with Gasteiger partial charge >= 0.3 is 5.97 Å². The lowest BCUT2D eigenvalue weighted by Crippen LogP contribution is -2.46. The zero-order valence-corrected chi connectivity index (χ0v) is 20.5. The topological polar surface area (TPSA) is 104 Å². The van der Waals surface area contributed by atoms with E-state index >= 15 is 0 Å². The number of halogens is 1. The second kappa shape index (κ2) is 8.20. The van der Waals surface area contributed by atoms with E-state index in [1.165, 1.54) is 13.0 Å². The summed E-state index contributed by atoms with van der Waals surface area (Å²) >= 11 is 7.01. The number of carboxylic acids is 1. The molecule has 1 amide bonds. The van der Waals surface area contributed by atoms with Crippen LogP contribution < -0.4 is 9.62 Å². The molecule has 10 heteroatoms. The Morgan fingerprint density at radius 1 is 1.12 bits per heavy atom. The van der Waals surface area contributed by atoms with Crippen molar-refractivity contribution in [3.05, 3.63) is 71.2 Å². The Balaban J connectivity index is 1.50. The second-order valence-corrected chi connectivity index (χ2v) is 11.9. The highest BCUT2D eigenvalue weighted by Gasteiger charge is 2.73. The molecule has 0 saturated heterocycles. The van der Waals surface area contributed by atoms with Crippen molar-refractivity contribution < 1.29 is 23.1 Å². The molecule has 2 aromatic carbocycles. The minimum atomic E-state index is -4.12. The van der Waals surface area contributed by atoms with Crippen molar-refractivity contribution in [2.75, 3.05) is 11.4 Å². The number of amides is 1. The molecule has 1 aliphatic carbocycles. The number of hydrogen-bond donors (Lipinski definition) is 2. The quantitative estimate of drug-likeness (QED) is 0.525. The van der Waals surface area contributed by atoms with Crippen LogP contribution in [0.5, 0.6) is 0 Å². The summed E-state index contributed by atoms with van der Waals surface area (Å²) in [7, 11) is -4.12. The molecule has 2 heterocycles. The van der Waals surface area contributed by atoms with Gasteiger partial charge in [-0.3, -0.25) is 9.59 Å². The van der Waals surface area contributed by atoms with Crippen LogP contribution >= 0.6 is 22.9 Å². The lowest BCUT2D eigenvalue weighted by atomic mass is 10.0. The van der Waals surface area contributed by atoms with Crippen molar-refractivity contribution in [3.8, 4) is 10.4 Å². The summed E-state index contributed by atoms with van der Waals surface area (Å²) in [6.45, 7) is 1.79. The number of anilines is 1. The molecule has 2 N–H and O–H groups in total. The number of thiophene rings is 1. The number of nitrogens with one attached hydrogen (secondary N) is 1. The van der Waals surface area contributed by atoms with Gasteiger partial charge in [0, 0.05) is 40.9 Å². The number of hydrogen-bond acceptors (Lipinski definition) is 5. The average molecular weight is 517 g/mol. The maximum absolute atomic E-state index is 13.4. The van der Waals surface area contributed by atoms with Gasteiger partial charge in [0.1, 0.15) is 9.75 Å². The number of carboxylic acid groups (broad SMARTS) is 1. The molecule has 1 saturated carbocycles. The number of carbonyl (C=O) groups is 2. The van der Waals surface area contributed by atoms with E-state index in [2.05, 4.69) is 4.72 Å². The van der Waals surface area contributed by atoms with Gasteiger partial charge < -0.3 is 10.0 Å². The van der Waals surface area contributed by atoms with Gasteiger partial charge in [0.25, 0.3) is 10.0 Å². The molecular weight excluding hydrogens is 496 g/mol. The molecule has 1 fully saturated rings. The molecule has 1 aromatic heterocycles. The Hall–Kier alpha value is -2.72. The summed E-state index contributed by atoms with van der Waals surface area (Å²) in [6.07, 6.45) is 0.369. The molecule has 3 atom stereocenters. The molecule has 34 heavy (non-hydrogen) atoms. The van der Waals surface area contributed by atoms with Crippen LogP contribution in [0.3, 0.4) is 0 Å². The van der Waals surface area contributed by atoms with Crippen molar-refractivity contribution in [3.63, 3.8) is 0 Å². The summed E-state index contributed by atoms with van der Waals surface area (Å²) in [5, 5.41) is 10.8. The highest BCUT2D eigenvalue weighted by molar-refractivity contribution is 7.91. The van der Waals surface area contributed by atoms with Crippen LogP contribution in [0.2, 0.25) is 5.02 Å². The monoisotopic (exact) mass is 516 g/mol. The van der Waals surface area contributed by atoms with Crippen LogP contribution in [-0.2, 0) is 19.6 Å². The zero-order chi connectivity index (χ0) is 24.3. The highest BCUT2D eigenvalue weighted by Crippen LogP contribution is 2.63. The highest BCUT2D eigenvalue weighted by atomic mass is 35.5. The SMILES string of the molecule is CC(=O)N1CCC2C(c3ccccc31)C2(NS(=O)(=O)c1ccc(-c2ccc(Cl)cc2)s1)C(=O)O. The smallest absolute Gasteiger partial charge is 0.325 e. The Labute approximate surface area is 206 Å². The molecule has 1 aliphatic heterocycles. The summed E-state index contributed by atoms with van der Waals surface area (Å²) < 4.78 is 29.3. The molecule has 5 rings (SSSR count). The van der Waals surface area contributed by atoms with Crippen LogP contribution in [0.25, 0.3) is 10.4 Å². The Morgan fingerprint density at radius 3 is 2.50 bits per heavy atom. The second-order valence-electron chi connectivity index (χ2n) is 8.51. The van der Waals surface area contributed by atoms with Crippen LogP contribution in [0.15, 0.2) is 64.9 Å². The number of sulfonamides is 1. The molecule has 0 bridgehead atoms. The summed E-state index contributed by atoms with van der Waals surface area (Å²) in [4.78, 5) is 27.1. The Morgan fingerprint density at radius 2 is 1.82 bits per heavy atom. The number of benzene rings is 2. The van der Waals surface area contributed by atoms with Gasteiger partial charge in [0.05, 0.1) is 0 Å². The van der Waals surface area contributed by atoms with E-state index in [9.17, 15) is 23.1 Å². The van der Waals surface area contributed by atoms with E-state index in [1.807, 2.05) is 0 Å². The van der Waals surface area contributed by atoms with E-state index in [1.54, 1.807) is 59.5 Å². The fourth-order valence-corrected chi connectivity index (χ4v) is 7.87. The lowest BCUT2D eigenvalue weighted by Gasteiger charge is -2.25. The molecule has 3 unspecified atom stereocenters. The number of para-hydroxylation sites is 1. The van der Waals surface area contributed by atoms with Gasteiger partial charge in [0.15, 0.2) is 0 Å². The molecule has 176 valence electrons. The standard InChI is InChI=1S/C24H21ClN2O5S2/c1-14(28)27-13-12-18-22(17-4-2-3-5-19(17)27)24(18,23(29)30)26-34(31,32)21-11-10-20(33-21)15-6-8-16(25)9-7-15/h2-11,18,22,26H,12-13H2,1H3,(H,29,30). The molecule has 0 radical (unpaired) electrons. The van der Waals surface area contributed by atoms with Gasteiger partial charge in [-0.25, -0.2) is 8.42 Å². The largest absolute Gasteiger partial charge is 0.480 e. The van der Waals surface area contributed by atoms with Gasteiger partial charge in [-0.15, -0.1) is 11.3 Å². The lowest BCUT2D eigenvalue weighted by molar-refractivity contribution is -0.140. The normalized spacial score (nSPS) is 23.5. The first kappa shape index (κ1) is 23.0. The van der Waals surface area contributed by atoms with E-state index in [0.29, 0.717) is 29.2 Å². The molecule has 7 nitrogen and oxygen atoms in total. The van der Waals surface area contributed by atoms with Crippen LogP contribution in [-0.4, -0.2) is 37.5 Å². The zero-order valence-electron chi connectivity index (χ0n) is 18.1. The van der Waals surface area contributed by atoms with E-state index < -0.39 is 33.4 Å². The number of nitrogens with zero attached hydrogens (tertiary/aromatic N) is 1. The Bertz CT molecular complexity index is 1400. The maximum Gasteiger partial charge on any atom is 0.325 e. The first-order valence-electron chi connectivity index (χ1n) is 10.7. The van der Waals surface area contributed by atoms with Gasteiger partial charge in [0.2, 0.25) is 5.91 Å². The minimum absolute atomic E-state index is 0.0400. The fraction of sp³-hybridized carbons (Fsp3) is 0.250. The number of carbonyl (C=O) groups excluding carboxylic acids is 1. The van der Waals surface area contributed by atoms with E-state index in [0.717, 1.165) is 21.8 Å². The summed E-state index contributed by atoms with van der Waals surface area (Å²) in [5.74, 6) is -2.40. The first-order chi connectivity index (χ1) is 16.1. The Kier molecular flexibility index (Phi) is 5.55. The van der Waals surface area contributed by atoms with Crippen LogP contribution in [0.1, 0.15) is 24.8 Å². The third-order valence-electron chi connectivity index (χ3n) is 6.61. The molecular formula is C24H21ClN2O5S2. The average Bonchev–Trinajstić information content (AvgIpc) is 3.18. The van der Waals surface area contributed by atoms with Crippen molar-refractivity contribution in [1.82, 2.24) is 4.72 Å². The molecule has 3 aromatic rings. The predicted octanol–water partition coefficient (Wildman–Crippen LogP) is 4.34. The van der Waals surface area contributed by atoms with Gasteiger partial charge in [-0.2, -0.15) is 4.72 Å². The number of rotatable bonds is 5. The minimum Gasteiger partial charge on any atom is -0.480 e. The third-order valence-corrected chi connectivity index (χ3v) is 9.97. The van der Waals surface area contributed by atoms with Crippen LogP contribution in [0.4, 0.5) is 5.69 Å². The summed E-state index contributed by atoms with van der Waals surface area (Å²) in [6, 6.07) is 17.3. The van der Waals surface area contributed by atoms with E-state index in [4.69, 9.17) is 11.6 Å². The van der Waals surface area contributed by atoms with Crippen molar-refractivity contribution in [2.45, 2.75) is 29.0 Å². The van der Waals surface area contributed by atoms with Gasteiger partial charge in [-0.05, 0) is 47.9 Å². The van der Waals surface area contributed by atoms with Crippen molar-refractivity contribution in [1.29, 1.82) is 0 Å². The van der Waals surface area contributed by atoms with Crippen molar-refractivity contribution >= 4 is 50.5 Å². The molecule has 2 aliphatic rings. The van der Waals surface area contributed by atoms with Crippen LogP contribution in [0, 0.1) is 5.92 Å². The molecule has 0 spiro atoms. The van der Waals surface area contributed by atoms with Gasteiger partial charge in [-0.1, -0.05) is 41.9 Å². The third kappa shape index (κ3) is 3.63. The fourth-order valence-electron chi connectivity index (χ4n) is 5.01. The summed E-state index contributed by atoms with van der Waals surface area (Å²) in [5.41, 5.74) is 0.449. The number of fused-ring (bicyclic) bond motifs is 3. The number of aliphatic carboxylic acids is 1. The maximum atomic E-state index is 13.4. The van der Waals surface area contributed by atoms with Crippen molar-refractivity contribution in [2.24, 2.45) is 5.92 Å². The first-order valence-corrected chi connectivity index (χ1v) is 13.3. The predicted molar refractivity (Wildman–Crippen MR) is 131 cm³/mol.